The molecule has 27 heavy (non-hydrogen) atoms. The summed E-state index contributed by atoms with van der Waals surface area (Å²) in [5.41, 5.74) is 0.158. The van der Waals surface area contributed by atoms with Gasteiger partial charge in [-0.3, -0.25) is 19.6 Å². The highest BCUT2D eigenvalue weighted by atomic mass is 32.2. The molecule has 0 aliphatic rings. The smallest absolute Gasteiger partial charge is 0.274 e. The highest BCUT2D eigenvalue weighted by molar-refractivity contribution is 7.92. The van der Waals surface area contributed by atoms with E-state index in [1.807, 2.05) is 0 Å². The summed E-state index contributed by atoms with van der Waals surface area (Å²) in [6.45, 7) is 3.03. The quantitative estimate of drug-likeness (QED) is 0.548. The lowest BCUT2D eigenvalue weighted by Gasteiger charge is -2.14. The Kier molecular flexibility index (Phi) is 6.01. The van der Waals surface area contributed by atoms with E-state index in [0.717, 1.165) is 0 Å². The van der Waals surface area contributed by atoms with Gasteiger partial charge in [-0.2, -0.15) is 0 Å². The van der Waals surface area contributed by atoms with E-state index in [4.69, 9.17) is 4.74 Å². The predicted molar refractivity (Wildman–Crippen MR) is 99.2 cm³/mol. The fraction of sp³-hybridized carbons (Fsp3) is 0.235. The van der Waals surface area contributed by atoms with E-state index in [1.165, 1.54) is 56.4 Å². The van der Waals surface area contributed by atoms with Gasteiger partial charge in [0.25, 0.3) is 21.6 Å². The number of benzene rings is 2. The van der Waals surface area contributed by atoms with Crippen LogP contribution in [0.2, 0.25) is 0 Å². The maximum atomic E-state index is 12.5. The van der Waals surface area contributed by atoms with E-state index in [1.54, 1.807) is 6.92 Å². The van der Waals surface area contributed by atoms with Crippen LogP contribution in [-0.4, -0.2) is 32.4 Å². The van der Waals surface area contributed by atoms with Gasteiger partial charge in [-0.15, -0.1) is 0 Å². The number of sulfonamides is 1. The van der Waals surface area contributed by atoms with Gasteiger partial charge in [-0.1, -0.05) is 6.07 Å². The minimum atomic E-state index is -3.95. The molecule has 0 bridgehead atoms. The summed E-state index contributed by atoms with van der Waals surface area (Å²) in [5.74, 6) is 0.0195. The molecule has 1 amide bonds. The van der Waals surface area contributed by atoms with Crippen molar-refractivity contribution in [2.75, 3.05) is 11.8 Å². The number of amides is 1. The molecule has 10 heteroatoms. The van der Waals surface area contributed by atoms with Gasteiger partial charge >= 0.3 is 0 Å². The monoisotopic (exact) mass is 393 g/mol. The number of anilines is 1. The number of hydrogen-bond donors (Lipinski definition) is 2. The van der Waals surface area contributed by atoms with E-state index in [0.29, 0.717) is 5.75 Å². The molecule has 2 rings (SSSR count). The first-order chi connectivity index (χ1) is 12.7. The molecule has 0 radical (unpaired) electrons. The van der Waals surface area contributed by atoms with Gasteiger partial charge < -0.3 is 10.1 Å². The maximum absolute atomic E-state index is 12.5. The van der Waals surface area contributed by atoms with E-state index < -0.39 is 21.1 Å². The second-order valence-corrected chi connectivity index (χ2v) is 7.34. The Morgan fingerprint density at radius 3 is 2.37 bits per heavy atom. The van der Waals surface area contributed by atoms with Crippen LogP contribution in [0.4, 0.5) is 11.4 Å². The Morgan fingerprint density at radius 2 is 1.81 bits per heavy atom. The molecule has 2 aromatic rings. The zero-order valence-electron chi connectivity index (χ0n) is 14.9. The summed E-state index contributed by atoms with van der Waals surface area (Å²) in [6, 6.07) is 9.64. The maximum Gasteiger partial charge on any atom is 0.274 e. The highest BCUT2D eigenvalue weighted by Gasteiger charge is 2.20. The van der Waals surface area contributed by atoms with E-state index in [2.05, 4.69) is 10.0 Å². The van der Waals surface area contributed by atoms with Crippen molar-refractivity contribution in [1.82, 2.24) is 5.32 Å². The van der Waals surface area contributed by atoms with Crippen molar-refractivity contribution in [3.8, 4) is 5.75 Å². The Morgan fingerprint density at radius 1 is 1.19 bits per heavy atom. The van der Waals surface area contributed by atoms with Crippen LogP contribution in [0.15, 0.2) is 47.4 Å². The number of ether oxygens (including phenoxy) is 1. The van der Waals surface area contributed by atoms with Crippen LogP contribution in [0.25, 0.3) is 0 Å². The molecule has 0 heterocycles. The van der Waals surface area contributed by atoms with Crippen LogP contribution in [0.1, 0.15) is 12.5 Å². The van der Waals surface area contributed by atoms with E-state index in [-0.39, 0.29) is 27.7 Å². The number of likely N-dealkylation sites (N-methyl/N-ethyl adjacent to an activating group) is 1. The molecule has 0 saturated carbocycles. The molecule has 2 N–H and O–H groups in total. The zero-order valence-corrected chi connectivity index (χ0v) is 15.7. The molecule has 0 unspecified atom stereocenters. The third-order valence-electron chi connectivity index (χ3n) is 3.81. The number of nitro groups is 1. The number of carbonyl (C=O) groups is 1. The molecule has 9 nitrogen and oxygen atoms in total. The van der Waals surface area contributed by atoms with Crippen molar-refractivity contribution in [3.63, 3.8) is 0 Å². The Balaban J connectivity index is 2.22. The van der Waals surface area contributed by atoms with Crippen LogP contribution >= 0.6 is 0 Å². The lowest BCUT2D eigenvalue weighted by molar-refractivity contribution is -0.385. The number of rotatable bonds is 7. The fourth-order valence-electron chi connectivity index (χ4n) is 2.29. The second kappa shape index (κ2) is 8.04. The van der Waals surface area contributed by atoms with Crippen LogP contribution in [-0.2, 0) is 14.8 Å². The van der Waals surface area contributed by atoms with Crippen molar-refractivity contribution in [2.45, 2.75) is 24.8 Å². The van der Waals surface area contributed by atoms with Crippen LogP contribution in [0.3, 0.4) is 0 Å². The number of hydrogen-bond acceptors (Lipinski definition) is 6. The van der Waals surface area contributed by atoms with E-state index in [9.17, 15) is 23.3 Å². The SMILES string of the molecule is CNC(=O)[C@@H](C)Oc1ccc(S(=O)(=O)Nc2cccc([N+](=O)[O-])c2C)cc1. The minimum absolute atomic E-state index is 0.0478. The molecule has 0 fully saturated rings. The normalized spacial score (nSPS) is 12.1. The molecule has 144 valence electrons. The molecule has 0 saturated heterocycles. The van der Waals surface area contributed by atoms with Gasteiger partial charge in [0.1, 0.15) is 5.75 Å². The molecule has 0 aliphatic heterocycles. The molecular formula is C17H19N3O6S. The van der Waals surface area contributed by atoms with Crippen molar-refractivity contribution in [2.24, 2.45) is 0 Å². The average Bonchev–Trinajstić information content (AvgIpc) is 2.62. The van der Waals surface area contributed by atoms with Gasteiger partial charge in [0.15, 0.2) is 6.10 Å². The largest absolute Gasteiger partial charge is 0.481 e. The minimum Gasteiger partial charge on any atom is -0.481 e. The van der Waals surface area contributed by atoms with Crippen LogP contribution in [0.5, 0.6) is 5.75 Å². The van der Waals surface area contributed by atoms with Crippen molar-refractivity contribution >= 4 is 27.3 Å². The third kappa shape index (κ3) is 4.73. The van der Waals surface area contributed by atoms with Crippen molar-refractivity contribution in [3.05, 3.63) is 58.1 Å². The predicted octanol–water partition coefficient (Wildman–Crippen LogP) is 2.22. The Hall–Kier alpha value is -3.14. The topological polar surface area (TPSA) is 128 Å². The number of nitro benzene ring substituents is 1. The third-order valence-corrected chi connectivity index (χ3v) is 5.19. The zero-order chi connectivity index (χ0) is 20.2. The molecule has 0 aromatic heterocycles. The lowest BCUT2D eigenvalue weighted by Crippen LogP contribution is -2.33. The standard InChI is InChI=1S/C17H19N3O6S/c1-11-15(5-4-6-16(11)20(22)23)19-27(24,25)14-9-7-13(8-10-14)26-12(2)17(21)18-3/h4-10,12,19H,1-3H3,(H,18,21)/t12-/m1/s1. The van der Waals surface area contributed by atoms with Gasteiger partial charge in [-0.25, -0.2) is 8.42 Å². The summed E-state index contributed by atoms with van der Waals surface area (Å²) < 4.78 is 32.8. The van der Waals surface area contributed by atoms with Gasteiger partial charge in [0.05, 0.1) is 21.1 Å². The fourth-order valence-corrected chi connectivity index (χ4v) is 3.42. The lowest BCUT2D eigenvalue weighted by atomic mass is 10.2. The molecular weight excluding hydrogens is 374 g/mol. The molecule has 2 aromatic carbocycles. The first-order valence-electron chi connectivity index (χ1n) is 7.91. The van der Waals surface area contributed by atoms with Crippen LogP contribution in [0, 0.1) is 17.0 Å². The summed E-state index contributed by atoms with van der Waals surface area (Å²) >= 11 is 0. The first-order valence-corrected chi connectivity index (χ1v) is 9.39. The Bertz CT molecular complexity index is 957. The molecule has 1 atom stereocenters. The second-order valence-electron chi connectivity index (χ2n) is 5.66. The number of nitrogens with one attached hydrogen (secondary N) is 2. The van der Waals surface area contributed by atoms with Gasteiger partial charge in [0.2, 0.25) is 0 Å². The highest BCUT2D eigenvalue weighted by Crippen LogP contribution is 2.27. The summed E-state index contributed by atoms with van der Waals surface area (Å²) in [4.78, 5) is 21.8. The van der Waals surface area contributed by atoms with Crippen molar-refractivity contribution in [1.29, 1.82) is 0 Å². The average molecular weight is 393 g/mol. The number of carbonyl (C=O) groups excluding carboxylic acids is 1. The van der Waals surface area contributed by atoms with Crippen LogP contribution < -0.4 is 14.8 Å². The summed E-state index contributed by atoms with van der Waals surface area (Å²) in [7, 11) is -2.47. The van der Waals surface area contributed by atoms with Crippen molar-refractivity contribution < 1.29 is 22.9 Å². The van der Waals surface area contributed by atoms with E-state index >= 15 is 0 Å². The Labute approximate surface area is 156 Å². The molecule has 0 spiro atoms. The number of nitrogens with zero attached hydrogens (tertiary/aromatic N) is 1. The summed E-state index contributed by atoms with van der Waals surface area (Å²) in [6.07, 6.45) is -0.733. The van der Waals surface area contributed by atoms with Gasteiger partial charge in [-0.05, 0) is 44.2 Å². The molecule has 0 aliphatic carbocycles. The first kappa shape index (κ1) is 20.2. The summed E-state index contributed by atoms with van der Waals surface area (Å²) in [5, 5.41) is 13.4. The van der Waals surface area contributed by atoms with Gasteiger partial charge in [0, 0.05) is 13.1 Å².